The molecular weight excluding hydrogens is 276 g/mol. The number of nitrogens with zero attached hydrogens (tertiary/aromatic N) is 6. The highest BCUT2D eigenvalue weighted by Gasteiger charge is 1.96. The number of amidine groups is 1. The predicted octanol–water partition coefficient (Wildman–Crippen LogP) is -2.60. The molecule has 11 nitrogen and oxygen atoms in total. The van der Waals surface area contributed by atoms with Gasteiger partial charge in [0.2, 0.25) is 5.82 Å². The first-order valence-corrected chi connectivity index (χ1v) is 5.09. The molecule has 0 bridgehead atoms. The molecule has 0 aliphatic heterocycles. The molecular formula is C10H16N10O. The maximum absolute atomic E-state index is 8.16. The van der Waals surface area contributed by atoms with Gasteiger partial charge in [0.05, 0.1) is 0 Å². The molecule has 0 amide bonds. The minimum atomic E-state index is 0. The van der Waals surface area contributed by atoms with Crippen molar-refractivity contribution in [1.82, 2.24) is 19.9 Å². The van der Waals surface area contributed by atoms with Gasteiger partial charge in [0.25, 0.3) is 0 Å². The molecule has 2 rings (SSSR count). The monoisotopic (exact) mass is 292 g/mol. The second-order valence-electron chi connectivity index (χ2n) is 2.77. The van der Waals surface area contributed by atoms with Gasteiger partial charge in [-0.05, 0) is 12.1 Å². The van der Waals surface area contributed by atoms with Crippen LogP contribution in [0.1, 0.15) is 11.6 Å². The summed E-state index contributed by atoms with van der Waals surface area (Å²) < 4.78 is 0. The zero-order valence-electron chi connectivity index (χ0n) is 11.0. The zero-order chi connectivity index (χ0) is 15.2. The molecule has 0 saturated carbocycles. The summed E-state index contributed by atoms with van der Waals surface area (Å²) in [6.45, 7) is 0. The minimum Gasteiger partial charge on any atom is -0.412 e. The minimum absolute atomic E-state index is 0. The lowest BCUT2D eigenvalue weighted by atomic mass is 10.5. The van der Waals surface area contributed by atoms with E-state index in [0.717, 1.165) is 0 Å². The number of hydrogen-bond acceptors (Lipinski definition) is 9. The zero-order valence-corrected chi connectivity index (χ0v) is 11.0. The van der Waals surface area contributed by atoms with Gasteiger partial charge in [0.1, 0.15) is 6.07 Å². The first-order valence-electron chi connectivity index (χ1n) is 5.09. The fraction of sp³-hybridized carbons (Fsp3) is 0. The van der Waals surface area contributed by atoms with Crippen molar-refractivity contribution in [3.05, 3.63) is 48.6 Å². The van der Waals surface area contributed by atoms with Gasteiger partial charge in [-0.2, -0.15) is 10.4 Å². The van der Waals surface area contributed by atoms with E-state index in [9.17, 15) is 0 Å². The van der Waals surface area contributed by atoms with Crippen molar-refractivity contribution in [2.75, 3.05) is 0 Å². The van der Waals surface area contributed by atoms with E-state index in [0.29, 0.717) is 5.82 Å². The average molecular weight is 292 g/mol. The summed E-state index contributed by atoms with van der Waals surface area (Å²) in [4.78, 5) is 14.9. The third-order valence-corrected chi connectivity index (χ3v) is 1.60. The van der Waals surface area contributed by atoms with Crippen molar-refractivity contribution >= 4 is 5.84 Å². The smallest absolute Gasteiger partial charge is 0.232 e. The summed E-state index contributed by atoms with van der Waals surface area (Å²) in [7, 11) is 0. The Balaban J connectivity index is 0. The van der Waals surface area contributed by atoms with Crippen LogP contribution in [0, 0.1) is 11.3 Å². The SMILES string of the molecule is N#Cc1ncccn1.N/N=C(\N)c1ncccn1.NN.O. The largest absolute Gasteiger partial charge is 0.412 e. The van der Waals surface area contributed by atoms with Crippen molar-refractivity contribution in [1.29, 1.82) is 5.26 Å². The Labute approximate surface area is 120 Å². The van der Waals surface area contributed by atoms with E-state index in [2.05, 4.69) is 36.7 Å². The molecule has 0 aromatic carbocycles. The second kappa shape index (κ2) is 13.2. The second-order valence-corrected chi connectivity index (χ2v) is 2.77. The molecule has 11 heteroatoms. The summed E-state index contributed by atoms with van der Waals surface area (Å²) >= 11 is 0. The van der Waals surface area contributed by atoms with Crippen molar-refractivity contribution in [3.8, 4) is 6.07 Å². The van der Waals surface area contributed by atoms with E-state index < -0.39 is 0 Å². The Hall–Kier alpha value is -3.20. The first kappa shape index (κ1) is 20.1. The standard InChI is InChI=1S/C5H7N5.C5H3N3.H4N2.H2O/c6-4(10-7)5-8-2-1-3-9-5;6-4-5-7-2-1-3-8-5;1-2;/h1-3H,7H2,(H2,6,10);1-3H;1-2H2;1H2. The van der Waals surface area contributed by atoms with Crippen LogP contribution in [0.4, 0.5) is 0 Å². The van der Waals surface area contributed by atoms with Crippen LogP contribution in [0.3, 0.4) is 0 Å². The van der Waals surface area contributed by atoms with Crippen LogP contribution < -0.4 is 23.3 Å². The molecule has 0 aliphatic rings. The summed E-state index contributed by atoms with van der Waals surface area (Å²) in [6.07, 6.45) is 6.21. The summed E-state index contributed by atoms with van der Waals surface area (Å²) in [5.41, 5.74) is 5.29. The molecule has 10 N–H and O–H groups in total. The summed E-state index contributed by atoms with van der Waals surface area (Å²) in [5, 5.41) is 11.4. The molecule has 0 saturated heterocycles. The third-order valence-electron chi connectivity index (χ3n) is 1.60. The summed E-state index contributed by atoms with van der Waals surface area (Å²) in [5.74, 6) is 13.6. The van der Waals surface area contributed by atoms with E-state index in [4.69, 9.17) is 16.8 Å². The number of hydrazone groups is 1. The van der Waals surface area contributed by atoms with E-state index in [1.165, 1.54) is 12.4 Å². The number of aromatic nitrogens is 4. The number of rotatable bonds is 1. The third kappa shape index (κ3) is 8.51. The highest BCUT2D eigenvalue weighted by molar-refractivity contribution is 5.93. The highest BCUT2D eigenvalue weighted by Crippen LogP contribution is 1.83. The van der Waals surface area contributed by atoms with Crippen LogP contribution in [-0.2, 0) is 0 Å². The fourth-order valence-corrected chi connectivity index (χ4v) is 0.846. The maximum Gasteiger partial charge on any atom is 0.232 e. The molecule has 21 heavy (non-hydrogen) atoms. The molecule has 0 radical (unpaired) electrons. The van der Waals surface area contributed by atoms with Crippen molar-refractivity contribution in [2.45, 2.75) is 0 Å². The molecule has 112 valence electrons. The van der Waals surface area contributed by atoms with Gasteiger partial charge < -0.3 is 17.1 Å². The van der Waals surface area contributed by atoms with Gasteiger partial charge in [-0.3, -0.25) is 11.7 Å². The lowest BCUT2D eigenvalue weighted by Gasteiger charge is -1.92. The van der Waals surface area contributed by atoms with E-state index in [-0.39, 0.29) is 17.1 Å². The number of nitrogens with two attached hydrogens (primary N) is 4. The van der Waals surface area contributed by atoms with Crippen LogP contribution in [-0.4, -0.2) is 31.2 Å². The molecule has 0 spiro atoms. The number of hydrazine groups is 1. The lowest BCUT2D eigenvalue weighted by molar-refractivity contribution is 0.824. The van der Waals surface area contributed by atoms with Gasteiger partial charge in [-0.1, -0.05) is 0 Å². The lowest BCUT2D eigenvalue weighted by Crippen LogP contribution is -2.18. The van der Waals surface area contributed by atoms with E-state index in [1.54, 1.807) is 30.6 Å². The van der Waals surface area contributed by atoms with Crippen LogP contribution in [0.5, 0.6) is 0 Å². The molecule has 2 aromatic heterocycles. The predicted molar refractivity (Wildman–Crippen MR) is 75.7 cm³/mol. The average Bonchev–Trinajstić information content (AvgIpc) is 2.58. The normalized spacial score (nSPS) is 8.71. The Morgan fingerprint density at radius 2 is 1.43 bits per heavy atom. The van der Waals surface area contributed by atoms with Crippen molar-refractivity contribution in [2.24, 2.45) is 28.4 Å². The van der Waals surface area contributed by atoms with E-state index >= 15 is 0 Å². The summed E-state index contributed by atoms with van der Waals surface area (Å²) in [6, 6.07) is 5.16. The Morgan fingerprint density at radius 1 is 1.00 bits per heavy atom. The first-order chi connectivity index (χ1) is 9.77. The molecule has 0 atom stereocenters. The van der Waals surface area contributed by atoms with Gasteiger partial charge in [-0.15, -0.1) is 0 Å². The Bertz CT molecular complexity index is 539. The Kier molecular flexibility index (Phi) is 12.7. The maximum atomic E-state index is 8.16. The Morgan fingerprint density at radius 3 is 1.76 bits per heavy atom. The van der Waals surface area contributed by atoms with Gasteiger partial charge in [0.15, 0.2) is 11.7 Å². The van der Waals surface area contributed by atoms with Crippen molar-refractivity contribution in [3.63, 3.8) is 0 Å². The van der Waals surface area contributed by atoms with Gasteiger partial charge >= 0.3 is 0 Å². The van der Waals surface area contributed by atoms with Crippen LogP contribution in [0.2, 0.25) is 0 Å². The topological polar surface area (TPSA) is 223 Å². The fourth-order valence-electron chi connectivity index (χ4n) is 0.846. The number of nitriles is 1. The molecule has 0 fully saturated rings. The van der Waals surface area contributed by atoms with Crippen molar-refractivity contribution < 1.29 is 5.48 Å². The highest BCUT2D eigenvalue weighted by atomic mass is 16.0. The molecule has 2 heterocycles. The van der Waals surface area contributed by atoms with Crippen LogP contribution >= 0.6 is 0 Å². The van der Waals surface area contributed by atoms with Crippen LogP contribution in [0.15, 0.2) is 42.0 Å². The van der Waals surface area contributed by atoms with Gasteiger partial charge in [-0.25, -0.2) is 19.9 Å². The quantitative estimate of drug-likeness (QED) is 0.187. The van der Waals surface area contributed by atoms with E-state index in [1.807, 2.05) is 0 Å². The molecule has 0 unspecified atom stereocenters. The molecule has 0 aliphatic carbocycles. The molecule has 2 aromatic rings. The number of hydrogen-bond donors (Lipinski definition) is 4. The van der Waals surface area contributed by atoms with Gasteiger partial charge in [0, 0.05) is 24.8 Å². The van der Waals surface area contributed by atoms with Crippen LogP contribution in [0.25, 0.3) is 0 Å².